The monoisotopic (exact) mass is 372 g/mol. The summed E-state index contributed by atoms with van der Waals surface area (Å²) in [6.07, 6.45) is -1.73. The molecule has 0 aliphatic carbocycles. The molecule has 2 fully saturated rings. The lowest BCUT2D eigenvalue weighted by Gasteiger charge is -2.39. The number of ether oxygens (including phenoxy) is 2. The molecule has 25 heavy (non-hydrogen) atoms. The van der Waals surface area contributed by atoms with Crippen LogP contribution in [0.4, 0.5) is 0 Å². The Hall–Kier alpha value is -1.59. The molecule has 10 heteroatoms. The molecular formula is C15H20N2O7S. The first-order chi connectivity index (χ1) is 11.7. The number of fused-ring (bicyclic) bond motifs is 2. The SMILES string of the molecule is COC1CC2N(S(=O)(=O)c3ccc(C)cc3)CC(O1)C2(O)C[N+](=O)[O-]. The Kier molecular flexibility index (Phi) is 4.58. The van der Waals surface area contributed by atoms with E-state index in [0.717, 1.165) is 9.87 Å². The molecule has 4 unspecified atom stereocenters. The van der Waals surface area contributed by atoms with Gasteiger partial charge in [-0.1, -0.05) is 17.7 Å². The van der Waals surface area contributed by atoms with Crippen molar-refractivity contribution in [2.45, 2.75) is 42.3 Å². The Labute approximate surface area is 145 Å². The number of sulfonamides is 1. The maximum absolute atomic E-state index is 13.0. The van der Waals surface area contributed by atoms with E-state index in [1.165, 1.54) is 19.2 Å². The molecule has 138 valence electrons. The van der Waals surface area contributed by atoms with Gasteiger partial charge in [0.2, 0.25) is 16.6 Å². The third kappa shape index (κ3) is 3.04. The van der Waals surface area contributed by atoms with Gasteiger partial charge in [0.05, 0.1) is 10.9 Å². The number of nitrogens with zero attached hydrogens (tertiary/aromatic N) is 2. The zero-order valence-electron chi connectivity index (χ0n) is 13.9. The Morgan fingerprint density at radius 1 is 1.44 bits per heavy atom. The van der Waals surface area contributed by atoms with Crippen LogP contribution in [0.2, 0.25) is 0 Å². The van der Waals surface area contributed by atoms with Gasteiger partial charge in [0.25, 0.3) is 0 Å². The number of nitro groups is 1. The van der Waals surface area contributed by atoms with E-state index < -0.39 is 45.5 Å². The van der Waals surface area contributed by atoms with Gasteiger partial charge in [0, 0.05) is 25.0 Å². The fourth-order valence-corrected chi connectivity index (χ4v) is 5.18. The van der Waals surface area contributed by atoms with Gasteiger partial charge in [-0.05, 0) is 19.1 Å². The van der Waals surface area contributed by atoms with Gasteiger partial charge in [-0.3, -0.25) is 10.1 Å². The maximum atomic E-state index is 13.0. The van der Waals surface area contributed by atoms with Crippen LogP contribution in [-0.4, -0.2) is 67.0 Å². The predicted octanol–water partition coefficient (Wildman–Crippen LogP) is 0.137. The van der Waals surface area contributed by atoms with Gasteiger partial charge in [-0.25, -0.2) is 8.42 Å². The van der Waals surface area contributed by atoms with Crippen molar-refractivity contribution in [2.24, 2.45) is 0 Å². The lowest BCUT2D eigenvalue weighted by molar-refractivity contribution is -0.508. The van der Waals surface area contributed by atoms with Crippen LogP contribution in [0, 0.1) is 17.0 Å². The highest BCUT2D eigenvalue weighted by atomic mass is 32.2. The van der Waals surface area contributed by atoms with Gasteiger partial charge in [-0.2, -0.15) is 4.31 Å². The molecule has 9 nitrogen and oxygen atoms in total. The predicted molar refractivity (Wildman–Crippen MR) is 86.0 cm³/mol. The summed E-state index contributed by atoms with van der Waals surface area (Å²) < 4.78 is 37.8. The van der Waals surface area contributed by atoms with E-state index in [4.69, 9.17) is 9.47 Å². The zero-order chi connectivity index (χ0) is 18.4. The summed E-state index contributed by atoms with van der Waals surface area (Å²) in [5, 5.41) is 21.8. The van der Waals surface area contributed by atoms with Crippen LogP contribution in [0.3, 0.4) is 0 Å². The van der Waals surface area contributed by atoms with E-state index >= 15 is 0 Å². The van der Waals surface area contributed by atoms with Crippen molar-refractivity contribution in [2.75, 3.05) is 20.2 Å². The Morgan fingerprint density at radius 2 is 2.08 bits per heavy atom. The summed E-state index contributed by atoms with van der Waals surface area (Å²) in [7, 11) is -2.53. The summed E-state index contributed by atoms with van der Waals surface area (Å²) >= 11 is 0. The van der Waals surface area contributed by atoms with Crippen LogP contribution in [0.5, 0.6) is 0 Å². The lowest BCUT2D eigenvalue weighted by atomic mass is 9.88. The minimum Gasteiger partial charge on any atom is -0.379 e. The van der Waals surface area contributed by atoms with Gasteiger partial charge in [0.1, 0.15) is 6.10 Å². The van der Waals surface area contributed by atoms with Crippen molar-refractivity contribution < 1.29 is 27.9 Å². The van der Waals surface area contributed by atoms with E-state index in [1.54, 1.807) is 12.1 Å². The van der Waals surface area contributed by atoms with Gasteiger partial charge in [0.15, 0.2) is 11.9 Å². The number of aliphatic hydroxyl groups is 1. The van der Waals surface area contributed by atoms with Crippen LogP contribution in [0.15, 0.2) is 29.2 Å². The van der Waals surface area contributed by atoms with Crippen LogP contribution in [0.25, 0.3) is 0 Å². The maximum Gasteiger partial charge on any atom is 0.243 e. The second-order valence-corrected chi connectivity index (χ2v) is 8.30. The molecule has 2 saturated heterocycles. The van der Waals surface area contributed by atoms with Gasteiger partial charge < -0.3 is 14.6 Å². The van der Waals surface area contributed by atoms with Crippen molar-refractivity contribution in [1.82, 2.24) is 4.31 Å². The lowest BCUT2D eigenvalue weighted by Crippen LogP contribution is -2.60. The Balaban J connectivity index is 1.99. The smallest absolute Gasteiger partial charge is 0.243 e. The normalized spacial score (nSPS) is 32.7. The number of aryl methyl sites for hydroxylation is 1. The number of methoxy groups -OCH3 is 1. The molecule has 2 aliphatic heterocycles. The first-order valence-electron chi connectivity index (χ1n) is 7.79. The minimum absolute atomic E-state index is 0.0163. The highest BCUT2D eigenvalue weighted by molar-refractivity contribution is 7.89. The van der Waals surface area contributed by atoms with Gasteiger partial charge >= 0.3 is 0 Å². The van der Waals surface area contributed by atoms with Crippen molar-refractivity contribution in [3.63, 3.8) is 0 Å². The van der Waals surface area contributed by atoms with Crippen LogP contribution in [-0.2, 0) is 19.5 Å². The number of rotatable bonds is 5. The minimum atomic E-state index is -3.93. The molecule has 2 bridgehead atoms. The molecule has 0 radical (unpaired) electrons. The fourth-order valence-electron chi connectivity index (χ4n) is 3.49. The van der Waals surface area contributed by atoms with Crippen LogP contribution >= 0.6 is 0 Å². The molecule has 0 saturated carbocycles. The summed E-state index contributed by atoms with van der Waals surface area (Å²) in [5.41, 5.74) is -0.984. The fraction of sp³-hybridized carbons (Fsp3) is 0.600. The van der Waals surface area contributed by atoms with E-state index in [0.29, 0.717) is 0 Å². The van der Waals surface area contributed by atoms with E-state index in [9.17, 15) is 23.6 Å². The third-order valence-electron chi connectivity index (χ3n) is 4.83. The molecule has 0 aromatic heterocycles. The van der Waals surface area contributed by atoms with Gasteiger partial charge in [-0.15, -0.1) is 0 Å². The average molecular weight is 372 g/mol. The van der Waals surface area contributed by atoms with E-state index in [1.807, 2.05) is 6.92 Å². The number of hydrogen-bond donors (Lipinski definition) is 1. The molecule has 0 amide bonds. The number of hydrogen-bond acceptors (Lipinski definition) is 7. The summed E-state index contributed by atoms with van der Waals surface area (Å²) in [4.78, 5) is 10.4. The Bertz CT molecular complexity index is 767. The summed E-state index contributed by atoms with van der Waals surface area (Å²) in [6, 6.07) is 5.31. The van der Waals surface area contributed by atoms with Crippen molar-refractivity contribution in [1.29, 1.82) is 0 Å². The molecular weight excluding hydrogens is 352 g/mol. The topological polar surface area (TPSA) is 119 Å². The molecule has 4 atom stereocenters. The molecule has 1 aromatic carbocycles. The molecule has 0 spiro atoms. The summed E-state index contributed by atoms with van der Waals surface area (Å²) in [6.45, 7) is 0.885. The molecule has 2 aliphatic rings. The Morgan fingerprint density at radius 3 is 2.64 bits per heavy atom. The highest BCUT2D eigenvalue weighted by Crippen LogP contribution is 2.42. The summed E-state index contributed by atoms with van der Waals surface area (Å²) in [5.74, 6) is 0. The third-order valence-corrected chi connectivity index (χ3v) is 6.72. The molecule has 3 rings (SSSR count). The van der Waals surface area contributed by atoms with Crippen LogP contribution in [0.1, 0.15) is 12.0 Å². The van der Waals surface area contributed by atoms with E-state index in [2.05, 4.69) is 0 Å². The second-order valence-electron chi connectivity index (χ2n) is 6.41. The molecule has 1 N–H and O–H groups in total. The highest BCUT2D eigenvalue weighted by Gasteiger charge is 2.64. The largest absolute Gasteiger partial charge is 0.379 e. The van der Waals surface area contributed by atoms with Crippen molar-refractivity contribution >= 4 is 10.0 Å². The second kappa shape index (κ2) is 6.29. The zero-order valence-corrected chi connectivity index (χ0v) is 14.7. The average Bonchev–Trinajstić information content (AvgIpc) is 2.71. The van der Waals surface area contributed by atoms with Crippen molar-refractivity contribution in [3.8, 4) is 0 Å². The first-order valence-corrected chi connectivity index (χ1v) is 9.23. The number of benzene rings is 1. The molecule has 1 aromatic rings. The van der Waals surface area contributed by atoms with E-state index in [-0.39, 0.29) is 17.9 Å². The molecule has 2 heterocycles. The van der Waals surface area contributed by atoms with Crippen LogP contribution < -0.4 is 0 Å². The standard InChI is InChI=1S/C15H20N2O7S/c1-10-3-5-11(6-4-10)25(21,22)16-8-13-15(18,9-17(19)20)12(16)7-14(23-2)24-13/h3-6,12-14,18H,7-9H2,1-2H3. The van der Waals surface area contributed by atoms with Crippen molar-refractivity contribution in [3.05, 3.63) is 39.9 Å². The first kappa shape index (κ1) is 18.2. The quantitative estimate of drug-likeness (QED) is 0.576.